The summed E-state index contributed by atoms with van der Waals surface area (Å²) in [7, 11) is 1.63. The van der Waals surface area contributed by atoms with E-state index in [-0.39, 0.29) is 42.4 Å². The third kappa shape index (κ3) is 3.45. The van der Waals surface area contributed by atoms with Crippen LogP contribution in [-0.2, 0) is 29.3 Å². The first-order valence-corrected chi connectivity index (χ1v) is 12.7. The highest BCUT2D eigenvalue weighted by Gasteiger charge is 2.63. The van der Waals surface area contributed by atoms with E-state index in [0.29, 0.717) is 41.0 Å². The van der Waals surface area contributed by atoms with Gasteiger partial charge in [0.25, 0.3) is 0 Å². The van der Waals surface area contributed by atoms with Gasteiger partial charge in [-0.15, -0.1) is 0 Å². The number of benzene rings is 2. The second kappa shape index (κ2) is 9.48. The summed E-state index contributed by atoms with van der Waals surface area (Å²) >= 11 is 0. The van der Waals surface area contributed by atoms with Crippen molar-refractivity contribution in [3.63, 3.8) is 0 Å². The fourth-order valence-corrected chi connectivity index (χ4v) is 5.81. The number of esters is 2. The molecule has 2 aromatic carbocycles. The van der Waals surface area contributed by atoms with E-state index in [9.17, 15) is 19.2 Å². The Labute approximate surface area is 220 Å². The summed E-state index contributed by atoms with van der Waals surface area (Å²) in [5, 5.41) is 0. The van der Waals surface area contributed by atoms with Crippen molar-refractivity contribution in [2.75, 3.05) is 30.1 Å². The lowest BCUT2D eigenvalue weighted by atomic mass is 9.63. The van der Waals surface area contributed by atoms with Gasteiger partial charge < -0.3 is 20.1 Å². The first-order chi connectivity index (χ1) is 18.3. The molecular formula is C29H29N3O6. The molecule has 0 fully saturated rings. The molecule has 5 rings (SSSR count). The Morgan fingerprint density at radius 3 is 2.29 bits per heavy atom. The number of amides is 1. The van der Waals surface area contributed by atoms with Crippen LogP contribution in [0.5, 0.6) is 0 Å². The molecule has 9 heteroatoms. The highest BCUT2D eigenvalue weighted by molar-refractivity contribution is 6.24. The third-order valence-corrected chi connectivity index (χ3v) is 7.31. The summed E-state index contributed by atoms with van der Waals surface area (Å²) in [5.41, 5.74) is 7.85. The Bertz CT molecular complexity index is 1420. The maximum absolute atomic E-state index is 14.2. The average molecular weight is 516 g/mol. The fourth-order valence-electron chi connectivity index (χ4n) is 5.81. The van der Waals surface area contributed by atoms with Gasteiger partial charge in [0.1, 0.15) is 16.8 Å². The molecule has 9 nitrogen and oxygen atoms in total. The van der Waals surface area contributed by atoms with Gasteiger partial charge in [-0.2, -0.15) is 0 Å². The topological polar surface area (TPSA) is 119 Å². The molecule has 0 aromatic heterocycles. The van der Waals surface area contributed by atoms with Gasteiger partial charge in [0, 0.05) is 41.7 Å². The molecule has 0 saturated heterocycles. The van der Waals surface area contributed by atoms with E-state index in [2.05, 4.69) is 0 Å². The highest BCUT2D eigenvalue weighted by Crippen LogP contribution is 2.56. The average Bonchev–Trinajstić information content (AvgIpc) is 3.12. The van der Waals surface area contributed by atoms with Gasteiger partial charge in [-0.25, -0.2) is 9.59 Å². The molecule has 2 aliphatic heterocycles. The van der Waals surface area contributed by atoms with Gasteiger partial charge in [0.15, 0.2) is 5.78 Å². The normalized spacial score (nSPS) is 20.6. The van der Waals surface area contributed by atoms with Gasteiger partial charge in [0.2, 0.25) is 5.91 Å². The van der Waals surface area contributed by atoms with Gasteiger partial charge in [-0.1, -0.05) is 18.2 Å². The summed E-state index contributed by atoms with van der Waals surface area (Å²) in [6.45, 7) is 3.70. The minimum atomic E-state index is -1.71. The lowest BCUT2D eigenvalue weighted by Gasteiger charge is -2.44. The van der Waals surface area contributed by atoms with E-state index in [1.807, 2.05) is 0 Å². The molecule has 1 unspecified atom stereocenters. The lowest BCUT2D eigenvalue weighted by Crippen LogP contribution is -2.54. The van der Waals surface area contributed by atoms with E-state index in [1.165, 1.54) is 4.90 Å². The molecule has 2 N–H and O–H groups in total. The summed E-state index contributed by atoms with van der Waals surface area (Å²) in [6, 6.07) is 13.7. The molecule has 196 valence electrons. The second-order valence-electron chi connectivity index (χ2n) is 9.31. The van der Waals surface area contributed by atoms with Crippen LogP contribution in [0.4, 0.5) is 11.4 Å². The number of rotatable bonds is 5. The molecular weight excluding hydrogens is 486 g/mol. The molecule has 3 aliphatic rings. The second-order valence-corrected chi connectivity index (χ2v) is 9.31. The Balaban J connectivity index is 1.80. The zero-order valence-electron chi connectivity index (χ0n) is 21.6. The van der Waals surface area contributed by atoms with Crippen LogP contribution in [-0.4, -0.2) is 43.9 Å². The monoisotopic (exact) mass is 515 g/mol. The standard InChI is InChI=1S/C29H29N3O6/c1-4-37-26(34)17-13-15-18(16-14-17)32-21-11-8-12-22(33)23(21)29(24(25(32)30)27(35)38-5-2)19-9-6-7-10-20(19)31(3)28(29)36/h6-7,9-10,13-16H,4-5,8,11-12,30H2,1-3H3. The molecule has 0 radical (unpaired) electrons. The van der Waals surface area contributed by atoms with Crippen LogP contribution in [0.3, 0.4) is 0 Å². The van der Waals surface area contributed by atoms with E-state index < -0.39 is 23.3 Å². The number of nitrogens with zero attached hydrogens (tertiary/aromatic N) is 2. The zero-order valence-corrected chi connectivity index (χ0v) is 21.6. The number of ether oxygens (including phenoxy) is 2. The smallest absolute Gasteiger partial charge is 0.339 e. The molecule has 38 heavy (non-hydrogen) atoms. The predicted molar refractivity (Wildman–Crippen MR) is 140 cm³/mol. The summed E-state index contributed by atoms with van der Waals surface area (Å²) in [4.78, 5) is 56.9. The number of fused-ring (bicyclic) bond motifs is 3. The lowest BCUT2D eigenvalue weighted by molar-refractivity contribution is -0.140. The number of Topliss-reactive ketones (excluding diaryl/α,β-unsaturated/α-hetero) is 1. The van der Waals surface area contributed by atoms with E-state index in [1.54, 1.807) is 74.3 Å². The van der Waals surface area contributed by atoms with Gasteiger partial charge in [-0.05, 0) is 57.0 Å². The number of hydrogen-bond acceptors (Lipinski definition) is 8. The minimum absolute atomic E-state index is 0.0132. The molecule has 0 saturated carbocycles. The van der Waals surface area contributed by atoms with E-state index >= 15 is 0 Å². The highest BCUT2D eigenvalue weighted by atomic mass is 16.5. The van der Waals surface area contributed by atoms with Crippen molar-refractivity contribution in [2.45, 2.75) is 38.5 Å². The molecule has 1 amide bonds. The predicted octanol–water partition coefficient (Wildman–Crippen LogP) is 3.34. The van der Waals surface area contributed by atoms with Crippen LogP contribution < -0.4 is 15.5 Å². The zero-order chi connectivity index (χ0) is 27.2. The number of hydrogen-bond donors (Lipinski definition) is 1. The van der Waals surface area contributed by atoms with E-state index in [4.69, 9.17) is 15.2 Å². The Morgan fingerprint density at radius 1 is 0.947 bits per heavy atom. The Kier molecular flexibility index (Phi) is 6.30. The van der Waals surface area contributed by atoms with Crippen molar-refractivity contribution in [1.82, 2.24) is 0 Å². The minimum Gasteiger partial charge on any atom is -0.462 e. The van der Waals surface area contributed by atoms with Crippen molar-refractivity contribution in [2.24, 2.45) is 5.73 Å². The molecule has 2 aromatic rings. The summed E-state index contributed by atoms with van der Waals surface area (Å²) in [5.74, 6) is -1.85. The number of nitrogens with two attached hydrogens (primary N) is 1. The number of carbonyl (C=O) groups is 4. The maximum atomic E-state index is 14.2. The number of likely N-dealkylation sites (N-methyl/N-ethyl adjacent to an activating group) is 1. The number of para-hydroxylation sites is 1. The molecule has 1 atom stereocenters. The van der Waals surface area contributed by atoms with Gasteiger partial charge in [-0.3, -0.25) is 14.5 Å². The van der Waals surface area contributed by atoms with Gasteiger partial charge in [0.05, 0.1) is 18.8 Å². The first-order valence-electron chi connectivity index (χ1n) is 12.7. The van der Waals surface area contributed by atoms with Crippen molar-refractivity contribution in [3.8, 4) is 0 Å². The van der Waals surface area contributed by atoms with Gasteiger partial charge >= 0.3 is 11.9 Å². The van der Waals surface area contributed by atoms with Crippen molar-refractivity contribution >= 4 is 35.0 Å². The summed E-state index contributed by atoms with van der Waals surface area (Å²) in [6.07, 6.45) is 1.28. The third-order valence-electron chi connectivity index (χ3n) is 7.31. The maximum Gasteiger partial charge on any atom is 0.339 e. The van der Waals surface area contributed by atoms with Crippen LogP contribution >= 0.6 is 0 Å². The van der Waals surface area contributed by atoms with Crippen LogP contribution in [0.2, 0.25) is 0 Å². The molecule has 2 heterocycles. The molecule has 1 aliphatic carbocycles. The van der Waals surface area contributed by atoms with Crippen LogP contribution in [0, 0.1) is 0 Å². The van der Waals surface area contributed by atoms with Crippen LogP contribution in [0.1, 0.15) is 49.0 Å². The quantitative estimate of drug-likeness (QED) is 0.603. The molecule has 1 spiro atoms. The number of ketones is 1. The fraction of sp³-hybridized carbons (Fsp3) is 0.310. The van der Waals surface area contributed by atoms with Crippen LogP contribution in [0.25, 0.3) is 0 Å². The summed E-state index contributed by atoms with van der Waals surface area (Å²) < 4.78 is 10.5. The van der Waals surface area contributed by atoms with E-state index in [0.717, 1.165) is 0 Å². The SMILES string of the molecule is CCOC(=O)C1=C(N)N(c2ccc(C(=O)OCC)cc2)C2=C(C(=O)CCC2)C12C(=O)N(C)c1ccccc12. The number of carbonyl (C=O) groups excluding carboxylic acids is 4. The Morgan fingerprint density at radius 2 is 1.61 bits per heavy atom. The number of allylic oxidation sites excluding steroid dienone is 1. The van der Waals surface area contributed by atoms with Crippen molar-refractivity contribution < 1.29 is 28.7 Å². The van der Waals surface area contributed by atoms with Crippen molar-refractivity contribution in [1.29, 1.82) is 0 Å². The molecule has 0 bridgehead atoms. The van der Waals surface area contributed by atoms with Crippen molar-refractivity contribution in [3.05, 3.63) is 82.3 Å². The van der Waals surface area contributed by atoms with Crippen LogP contribution in [0.15, 0.2) is 71.2 Å². The first kappa shape index (κ1) is 25.3. The largest absolute Gasteiger partial charge is 0.462 e. The Hall–Kier alpha value is -4.40. The number of anilines is 2.